The molecule has 0 fully saturated rings. The monoisotopic (exact) mass is 376 g/mol. The van der Waals surface area contributed by atoms with Gasteiger partial charge in [-0.2, -0.15) is 10.2 Å². The van der Waals surface area contributed by atoms with Gasteiger partial charge in [0.15, 0.2) is 11.5 Å². The van der Waals surface area contributed by atoms with Gasteiger partial charge in [-0.25, -0.2) is 5.43 Å². The Morgan fingerprint density at radius 3 is 2.79 bits per heavy atom. The Hall–Kier alpha value is -3.61. The van der Waals surface area contributed by atoms with Gasteiger partial charge in [0.05, 0.1) is 18.5 Å². The number of hydrazone groups is 1. The lowest BCUT2D eigenvalue weighted by Crippen LogP contribution is -2.17. The SMILES string of the molecule is Cc1nn(Cc2ccccc2)c(C)c1/C=N/NC(=O)c1ccc2c(c1)OCO2. The van der Waals surface area contributed by atoms with Crippen LogP contribution in [0.3, 0.4) is 0 Å². The summed E-state index contributed by atoms with van der Waals surface area (Å²) in [6.45, 7) is 4.77. The van der Waals surface area contributed by atoms with E-state index < -0.39 is 0 Å². The van der Waals surface area contributed by atoms with E-state index in [1.807, 2.05) is 36.7 Å². The number of ether oxygens (including phenoxy) is 2. The molecule has 1 aliphatic rings. The Labute approximate surface area is 162 Å². The van der Waals surface area contributed by atoms with Crippen LogP contribution >= 0.6 is 0 Å². The van der Waals surface area contributed by atoms with Gasteiger partial charge in [0.2, 0.25) is 6.79 Å². The zero-order valence-corrected chi connectivity index (χ0v) is 15.7. The molecule has 1 aromatic heterocycles. The van der Waals surface area contributed by atoms with E-state index in [2.05, 4.69) is 27.8 Å². The highest BCUT2D eigenvalue weighted by Crippen LogP contribution is 2.32. The predicted octanol–water partition coefficient (Wildman–Crippen LogP) is 3.04. The number of hydrogen-bond acceptors (Lipinski definition) is 5. The van der Waals surface area contributed by atoms with Crippen molar-refractivity contribution >= 4 is 12.1 Å². The minimum absolute atomic E-state index is 0.171. The fraction of sp³-hybridized carbons (Fsp3) is 0.190. The van der Waals surface area contributed by atoms with Gasteiger partial charge in [0.25, 0.3) is 5.91 Å². The van der Waals surface area contributed by atoms with E-state index in [1.54, 1.807) is 24.4 Å². The molecular formula is C21H20N4O3. The molecule has 0 aliphatic carbocycles. The number of fused-ring (bicyclic) bond motifs is 1. The standard InChI is InChI=1S/C21H20N4O3/c1-14-18(15(2)25(24-14)12-16-6-4-3-5-7-16)11-22-23-21(26)17-8-9-19-20(10-17)28-13-27-19/h3-11H,12-13H2,1-2H3,(H,23,26)/b22-11+. The molecule has 2 aromatic carbocycles. The zero-order valence-electron chi connectivity index (χ0n) is 15.7. The first kappa shape index (κ1) is 17.8. The first-order valence-corrected chi connectivity index (χ1v) is 8.93. The van der Waals surface area contributed by atoms with Crippen molar-refractivity contribution in [3.8, 4) is 11.5 Å². The largest absolute Gasteiger partial charge is 0.454 e. The van der Waals surface area contributed by atoms with E-state index in [9.17, 15) is 4.79 Å². The highest BCUT2D eigenvalue weighted by Gasteiger charge is 2.16. The van der Waals surface area contributed by atoms with Crippen LogP contribution in [-0.2, 0) is 6.54 Å². The lowest BCUT2D eigenvalue weighted by atomic mass is 10.2. The van der Waals surface area contributed by atoms with E-state index in [1.165, 1.54) is 5.56 Å². The number of aryl methyl sites for hydroxylation is 1. The summed E-state index contributed by atoms with van der Waals surface area (Å²) in [5.74, 6) is 0.879. The van der Waals surface area contributed by atoms with E-state index in [0.29, 0.717) is 23.6 Å². The molecule has 0 unspecified atom stereocenters. The first-order valence-electron chi connectivity index (χ1n) is 8.93. The van der Waals surface area contributed by atoms with E-state index in [0.717, 1.165) is 17.0 Å². The summed E-state index contributed by atoms with van der Waals surface area (Å²) in [6, 6.07) is 15.2. The van der Waals surface area contributed by atoms with Crippen molar-refractivity contribution in [2.75, 3.05) is 6.79 Å². The number of nitrogens with one attached hydrogen (secondary N) is 1. The number of carbonyl (C=O) groups excluding carboxylic acids is 1. The van der Waals surface area contributed by atoms with Gasteiger partial charge in [-0.05, 0) is 37.6 Å². The second-order valence-corrected chi connectivity index (χ2v) is 6.49. The highest BCUT2D eigenvalue weighted by molar-refractivity contribution is 5.95. The second-order valence-electron chi connectivity index (χ2n) is 6.49. The lowest BCUT2D eigenvalue weighted by Gasteiger charge is -2.04. The Morgan fingerprint density at radius 2 is 1.96 bits per heavy atom. The molecule has 0 saturated carbocycles. The summed E-state index contributed by atoms with van der Waals surface area (Å²) in [7, 11) is 0. The van der Waals surface area contributed by atoms with Crippen molar-refractivity contribution < 1.29 is 14.3 Å². The Balaban J connectivity index is 1.45. The molecule has 7 heteroatoms. The maximum atomic E-state index is 12.3. The third kappa shape index (κ3) is 3.59. The number of hydrogen-bond donors (Lipinski definition) is 1. The van der Waals surface area contributed by atoms with Crippen LogP contribution in [0.5, 0.6) is 11.5 Å². The molecule has 4 rings (SSSR count). The fourth-order valence-corrected chi connectivity index (χ4v) is 3.07. The number of amides is 1. The maximum Gasteiger partial charge on any atom is 0.271 e. The van der Waals surface area contributed by atoms with Crippen molar-refractivity contribution in [1.29, 1.82) is 0 Å². The van der Waals surface area contributed by atoms with Gasteiger partial charge in [0, 0.05) is 16.8 Å². The van der Waals surface area contributed by atoms with Crippen LogP contribution in [0.2, 0.25) is 0 Å². The minimum atomic E-state index is -0.318. The van der Waals surface area contributed by atoms with Crippen molar-refractivity contribution in [1.82, 2.24) is 15.2 Å². The van der Waals surface area contributed by atoms with Crippen molar-refractivity contribution in [2.24, 2.45) is 5.10 Å². The third-order valence-corrected chi connectivity index (χ3v) is 4.61. The van der Waals surface area contributed by atoms with Gasteiger partial charge < -0.3 is 9.47 Å². The normalized spacial score (nSPS) is 12.5. The first-order chi connectivity index (χ1) is 13.6. The van der Waals surface area contributed by atoms with E-state index in [-0.39, 0.29) is 12.7 Å². The summed E-state index contributed by atoms with van der Waals surface area (Å²) in [5.41, 5.74) is 6.91. The molecule has 142 valence electrons. The van der Waals surface area contributed by atoms with Gasteiger partial charge in [-0.1, -0.05) is 30.3 Å². The molecule has 0 spiro atoms. The highest BCUT2D eigenvalue weighted by atomic mass is 16.7. The van der Waals surface area contributed by atoms with Crippen LogP contribution < -0.4 is 14.9 Å². The minimum Gasteiger partial charge on any atom is -0.454 e. The fourth-order valence-electron chi connectivity index (χ4n) is 3.07. The van der Waals surface area contributed by atoms with Crippen LogP contribution in [0.4, 0.5) is 0 Å². The molecule has 1 amide bonds. The summed E-state index contributed by atoms with van der Waals surface area (Å²) >= 11 is 0. The zero-order chi connectivity index (χ0) is 19.5. The Bertz CT molecular complexity index is 1040. The van der Waals surface area contributed by atoms with E-state index >= 15 is 0 Å². The average molecular weight is 376 g/mol. The number of nitrogens with zero attached hydrogens (tertiary/aromatic N) is 3. The molecular weight excluding hydrogens is 356 g/mol. The summed E-state index contributed by atoms with van der Waals surface area (Å²) < 4.78 is 12.5. The van der Waals surface area contributed by atoms with Crippen LogP contribution in [0.15, 0.2) is 53.6 Å². The van der Waals surface area contributed by atoms with Crippen molar-refractivity contribution in [2.45, 2.75) is 20.4 Å². The number of benzene rings is 2. The van der Waals surface area contributed by atoms with Gasteiger partial charge >= 0.3 is 0 Å². The van der Waals surface area contributed by atoms with Crippen LogP contribution in [0, 0.1) is 13.8 Å². The average Bonchev–Trinajstić information content (AvgIpc) is 3.28. The Kier molecular flexibility index (Phi) is 4.80. The molecule has 3 aromatic rings. The number of rotatable bonds is 5. The van der Waals surface area contributed by atoms with Gasteiger partial charge in [-0.3, -0.25) is 9.48 Å². The molecule has 0 saturated heterocycles. The Morgan fingerprint density at radius 1 is 1.18 bits per heavy atom. The number of aromatic nitrogens is 2. The summed E-state index contributed by atoms with van der Waals surface area (Å²) in [5, 5.41) is 8.69. The molecule has 2 heterocycles. The quantitative estimate of drug-likeness (QED) is 0.548. The molecule has 0 radical (unpaired) electrons. The smallest absolute Gasteiger partial charge is 0.271 e. The molecule has 0 atom stereocenters. The molecule has 28 heavy (non-hydrogen) atoms. The predicted molar refractivity (Wildman–Crippen MR) is 105 cm³/mol. The topological polar surface area (TPSA) is 77.7 Å². The molecule has 7 nitrogen and oxygen atoms in total. The van der Waals surface area contributed by atoms with Crippen LogP contribution in [0.25, 0.3) is 0 Å². The second kappa shape index (κ2) is 7.56. The lowest BCUT2D eigenvalue weighted by molar-refractivity contribution is 0.0954. The van der Waals surface area contributed by atoms with Crippen LogP contribution in [0.1, 0.15) is 32.9 Å². The maximum absolute atomic E-state index is 12.3. The van der Waals surface area contributed by atoms with E-state index in [4.69, 9.17) is 9.47 Å². The van der Waals surface area contributed by atoms with Crippen molar-refractivity contribution in [3.63, 3.8) is 0 Å². The third-order valence-electron chi connectivity index (χ3n) is 4.61. The summed E-state index contributed by atoms with van der Waals surface area (Å²) in [6.07, 6.45) is 1.63. The van der Waals surface area contributed by atoms with Crippen molar-refractivity contribution in [3.05, 3.63) is 76.6 Å². The molecule has 0 bridgehead atoms. The summed E-state index contributed by atoms with van der Waals surface area (Å²) in [4.78, 5) is 12.3. The molecule has 1 aliphatic heterocycles. The van der Waals surface area contributed by atoms with Gasteiger partial charge in [0.1, 0.15) is 0 Å². The van der Waals surface area contributed by atoms with Gasteiger partial charge in [-0.15, -0.1) is 0 Å². The number of carbonyl (C=O) groups is 1. The molecule has 1 N–H and O–H groups in total. The van der Waals surface area contributed by atoms with Crippen LogP contribution in [-0.4, -0.2) is 28.7 Å².